The van der Waals surface area contributed by atoms with Gasteiger partial charge in [-0.15, -0.1) is 0 Å². The number of aromatic nitrogens is 1. The summed E-state index contributed by atoms with van der Waals surface area (Å²) in [5.41, 5.74) is 3.61. The fourth-order valence-electron chi connectivity index (χ4n) is 2.97. The lowest BCUT2D eigenvalue weighted by atomic mass is 10.0. The minimum absolute atomic E-state index is 0.0658. The Morgan fingerprint density at radius 2 is 1.79 bits per heavy atom. The number of nitrogens with zero attached hydrogens (tertiary/aromatic N) is 1. The number of hydrogen-bond acceptors (Lipinski definition) is 5. The molecule has 0 atom stereocenters. The average Bonchev–Trinajstić information content (AvgIpc) is 2.72. The third-order valence-electron chi connectivity index (χ3n) is 4.29. The van der Waals surface area contributed by atoms with Gasteiger partial charge in [-0.3, -0.25) is 4.79 Å². The van der Waals surface area contributed by atoms with Crippen LogP contribution in [0.3, 0.4) is 0 Å². The smallest absolute Gasteiger partial charge is 0.216 e. The number of amides is 1. The number of carbonyl (C=O) groups is 1. The van der Waals surface area contributed by atoms with Crippen molar-refractivity contribution >= 4 is 11.7 Å². The Morgan fingerprint density at radius 1 is 1.03 bits per heavy atom. The first kappa shape index (κ1) is 20.2. The summed E-state index contributed by atoms with van der Waals surface area (Å²) in [6.07, 6.45) is 0. The number of pyridine rings is 1. The first-order valence-corrected chi connectivity index (χ1v) is 9.59. The number of anilines is 1. The third-order valence-corrected chi connectivity index (χ3v) is 4.29. The Labute approximate surface area is 170 Å². The molecule has 6 nitrogen and oxygen atoms in total. The number of carbonyl (C=O) groups excluding carboxylic acids is 1. The highest BCUT2D eigenvalue weighted by Gasteiger charge is 2.11. The monoisotopic (exact) mass is 391 g/mol. The molecule has 0 unspecified atom stereocenters. The second kappa shape index (κ2) is 9.59. The summed E-state index contributed by atoms with van der Waals surface area (Å²) in [5.74, 6) is 1.65. The van der Waals surface area contributed by atoms with E-state index in [0.717, 1.165) is 28.1 Å². The molecular weight excluding hydrogens is 366 g/mol. The molecule has 0 aliphatic rings. The van der Waals surface area contributed by atoms with Crippen LogP contribution in [0.4, 0.5) is 5.82 Å². The van der Waals surface area contributed by atoms with E-state index in [2.05, 4.69) is 10.6 Å². The van der Waals surface area contributed by atoms with Crippen LogP contribution in [-0.2, 0) is 4.79 Å². The summed E-state index contributed by atoms with van der Waals surface area (Å²) in [5, 5.41) is 15.6. The minimum Gasteiger partial charge on any atom is -0.508 e. The van der Waals surface area contributed by atoms with Crippen LogP contribution in [-0.4, -0.2) is 35.7 Å². The van der Waals surface area contributed by atoms with Crippen molar-refractivity contribution in [1.29, 1.82) is 0 Å². The number of ether oxygens (including phenoxy) is 1. The number of nitrogens with one attached hydrogen (secondary N) is 2. The van der Waals surface area contributed by atoms with Gasteiger partial charge in [-0.1, -0.05) is 18.2 Å². The van der Waals surface area contributed by atoms with Crippen molar-refractivity contribution in [3.8, 4) is 33.9 Å². The molecule has 1 aromatic heterocycles. The van der Waals surface area contributed by atoms with Gasteiger partial charge in [-0.05, 0) is 55.0 Å². The third kappa shape index (κ3) is 5.48. The standard InChI is InChI=1S/C23H25N3O3/c1-3-29-22-7-5-4-6-20(22)18-14-21(17-8-10-19(28)11-9-17)26-23(15-18)25-13-12-24-16(2)27/h4-11,14-15,28H,3,12-13H2,1-2H3,(H,24,27)(H,25,26). The van der Waals surface area contributed by atoms with Gasteiger partial charge in [0.1, 0.15) is 17.3 Å². The molecule has 1 amide bonds. The lowest BCUT2D eigenvalue weighted by Gasteiger charge is -2.14. The summed E-state index contributed by atoms with van der Waals surface area (Å²) in [4.78, 5) is 15.8. The Bertz CT molecular complexity index is 971. The maximum Gasteiger partial charge on any atom is 0.216 e. The normalized spacial score (nSPS) is 10.4. The summed E-state index contributed by atoms with van der Waals surface area (Å²) in [7, 11) is 0. The van der Waals surface area contributed by atoms with E-state index in [4.69, 9.17) is 9.72 Å². The number of phenols is 1. The van der Waals surface area contributed by atoms with Gasteiger partial charge in [-0.2, -0.15) is 0 Å². The van der Waals surface area contributed by atoms with E-state index in [1.165, 1.54) is 6.92 Å². The van der Waals surface area contributed by atoms with Gasteiger partial charge >= 0.3 is 0 Å². The lowest BCUT2D eigenvalue weighted by molar-refractivity contribution is -0.118. The van der Waals surface area contributed by atoms with E-state index in [0.29, 0.717) is 25.5 Å². The molecule has 150 valence electrons. The van der Waals surface area contributed by atoms with E-state index in [-0.39, 0.29) is 11.7 Å². The van der Waals surface area contributed by atoms with Crippen LogP contribution in [0.2, 0.25) is 0 Å². The predicted molar refractivity (Wildman–Crippen MR) is 115 cm³/mol. The van der Waals surface area contributed by atoms with Gasteiger partial charge in [0.05, 0.1) is 12.3 Å². The maximum atomic E-state index is 11.1. The van der Waals surface area contributed by atoms with E-state index >= 15 is 0 Å². The van der Waals surface area contributed by atoms with Crippen molar-refractivity contribution in [2.24, 2.45) is 0 Å². The quantitative estimate of drug-likeness (QED) is 0.504. The Kier molecular flexibility index (Phi) is 6.68. The molecule has 0 radical (unpaired) electrons. The van der Waals surface area contributed by atoms with E-state index < -0.39 is 0 Å². The average molecular weight is 391 g/mol. The minimum atomic E-state index is -0.0658. The molecule has 0 spiro atoms. The number of phenolic OH excluding ortho intramolecular Hbond substituents is 1. The highest BCUT2D eigenvalue weighted by atomic mass is 16.5. The molecule has 1 heterocycles. The number of rotatable bonds is 8. The van der Waals surface area contributed by atoms with Crippen molar-refractivity contribution in [1.82, 2.24) is 10.3 Å². The molecule has 3 rings (SSSR count). The fourth-order valence-corrected chi connectivity index (χ4v) is 2.97. The number of aromatic hydroxyl groups is 1. The van der Waals surface area contributed by atoms with E-state index in [9.17, 15) is 9.90 Å². The Hall–Kier alpha value is -3.54. The van der Waals surface area contributed by atoms with Crippen LogP contribution in [0.1, 0.15) is 13.8 Å². The van der Waals surface area contributed by atoms with Gasteiger partial charge in [0, 0.05) is 31.1 Å². The van der Waals surface area contributed by atoms with Crippen LogP contribution in [0.25, 0.3) is 22.4 Å². The van der Waals surface area contributed by atoms with Crippen molar-refractivity contribution in [3.05, 3.63) is 60.7 Å². The zero-order valence-electron chi connectivity index (χ0n) is 16.6. The molecule has 3 N–H and O–H groups in total. The maximum absolute atomic E-state index is 11.1. The van der Waals surface area contributed by atoms with Crippen molar-refractivity contribution in [2.75, 3.05) is 25.0 Å². The first-order valence-electron chi connectivity index (χ1n) is 9.59. The highest BCUT2D eigenvalue weighted by Crippen LogP contribution is 2.34. The van der Waals surface area contributed by atoms with E-state index in [1.807, 2.05) is 55.5 Å². The van der Waals surface area contributed by atoms with Crippen LogP contribution in [0.15, 0.2) is 60.7 Å². The fraction of sp³-hybridized carbons (Fsp3) is 0.217. The van der Waals surface area contributed by atoms with Crippen molar-refractivity contribution < 1.29 is 14.6 Å². The number of para-hydroxylation sites is 1. The highest BCUT2D eigenvalue weighted by molar-refractivity contribution is 5.77. The van der Waals surface area contributed by atoms with Gasteiger partial charge < -0.3 is 20.5 Å². The Balaban J connectivity index is 1.98. The molecule has 29 heavy (non-hydrogen) atoms. The van der Waals surface area contributed by atoms with Crippen molar-refractivity contribution in [3.63, 3.8) is 0 Å². The zero-order valence-corrected chi connectivity index (χ0v) is 16.6. The van der Waals surface area contributed by atoms with Crippen LogP contribution >= 0.6 is 0 Å². The number of benzene rings is 2. The summed E-state index contributed by atoms with van der Waals surface area (Å²) < 4.78 is 5.80. The Morgan fingerprint density at radius 3 is 2.52 bits per heavy atom. The molecule has 6 heteroatoms. The van der Waals surface area contributed by atoms with Crippen LogP contribution in [0, 0.1) is 0 Å². The molecule has 0 fully saturated rings. The summed E-state index contributed by atoms with van der Waals surface area (Å²) >= 11 is 0. The topological polar surface area (TPSA) is 83.5 Å². The molecule has 0 aliphatic carbocycles. The SMILES string of the molecule is CCOc1ccccc1-c1cc(NCCNC(C)=O)nc(-c2ccc(O)cc2)c1. The van der Waals surface area contributed by atoms with Crippen LogP contribution < -0.4 is 15.4 Å². The largest absolute Gasteiger partial charge is 0.508 e. The molecule has 0 saturated carbocycles. The van der Waals surface area contributed by atoms with Gasteiger partial charge in [0.2, 0.25) is 5.91 Å². The molecule has 3 aromatic rings. The molecule has 0 bridgehead atoms. The predicted octanol–water partition coefficient (Wildman–Crippen LogP) is 4.07. The summed E-state index contributed by atoms with van der Waals surface area (Å²) in [6.45, 7) is 5.09. The van der Waals surface area contributed by atoms with E-state index in [1.54, 1.807) is 12.1 Å². The lowest BCUT2D eigenvalue weighted by Crippen LogP contribution is -2.26. The summed E-state index contributed by atoms with van der Waals surface area (Å²) in [6, 6.07) is 18.8. The molecule has 0 aliphatic heterocycles. The molecule has 2 aromatic carbocycles. The molecular formula is C23H25N3O3. The second-order valence-electron chi connectivity index (χ2n) is 6.51. The van der Waals surface area contributed by atoms with Crippen molar-refractivity contribution in [2.45, 2.75) is 13.8 Å². The van der Waals surface area contributed by atoms with Crippen LogP contribution in [0.5, 0.6) is 11.5 Å². The first-order chi connectivity index (χ1) is 14.1. The zero-order chi connectivity index (χ0) is 20.6. The number of hydrogen-bond donors (Lipinski definition) is 3. The molecule has 0 saturated heterocycles. The van der Waals surface area contributed by atoms with Gasteiger partial charge in [-0.25, -0.2) is 4.98 Å². The van der Waals surface area contributed by atoms with Gasteiger partial charge in [0.25, 0.3) is 0 Å². The van der Waals surface area contributed by atoms with Gasteiger partial charge in [0.15, 0.2) is 0 Å². The second-order valence-corrected chi connectivity index (χ2v) is 6.51.